The Morgan fingerprint density at radius 3 is 2.39 bits per heavy atom. The van der Waals surface area contributed by atoms with Gasteiger partial charge in [0.15, 0.2) is 0 Å². The van der Waals surface area contributed by atoms with Gasteiger partial charge in [0.05, 0.1) is 4.90 Å². The molecule has 0 aliphatic rings. The van der Waals surface area contributed by atoms with Crippen LogP contribution in [-0.4, -0.2) is 21.0 Å². The Labute approximate surface area is 109 Å². The minimum atomic E-state index is -3.41. The fourth-order valence-corrected chi connectivity index (χ4v) is 2.66. The molecule has 0 aliphatic carbocycles. The molecular formula is C13H18N2O2S. The van der Waals surface area contributed by atoms with Gasteiger partial charge in [-0.15, -0.1) is 12.3 Å². The average Bonchev–Trinajstić information content (AvgIpc) is 2.28. The van der Waals surface area contributed by atoms with Crippen LogP contribution < -0.4 is 10.0 Å². The summed E-state index contributed by atoms with van der Waals surface area (Å²) in [4.78, 5) is 0.263. The molecule has 0 bridgehead atoms. The van der Waals surface area contributed by atoms with Crippen molar-refractivity contribution in [3.8, 4) is 12.3 Å². The zero-order valence-corrected chi connectivity index (χ0v) is 11.4. The summed E-state index contributed by atoms with van der Waals surface area (Å²) in [6.45, 7) is 4.24. The third-order valence-corrected chi connectivity index (χ3v) is 3.83. The smallest absolute Gasteiger partial charge is 0.240 e. The van der Waals surface area contributed by atoms with Gasteiger partial charge in [0.2, 0.25) is 10.0 Å². The minimum absolute atomic E-state index is 0.122. The van der Waals surface area contributed by atoms with Crippen LogP contribution in [0.3, 0.4) is 0 Å². The van der Waals surface area contributed by atoms with Crippen LogP contribution in [0.15, 0.2) is 29.2 Å². The average molecular weight is 266 g/mol. The van der Waals surface area contributed by atoms with E-state index < -0.39 is 10.0 Å². The first-order chi connectivity index (χ1) is 8.45. The number of benzene rings is 1. The van der Waals surface area contributed by atoms with E-state index in [2.05, 4.69) is 16.0 Å². The molecule has 0 aliphatic heterocycles. The quantitative estimate of drug-likeness (QED) is 0.610. The molecule has 98 valence electrons. The molecule has 0 atom stereocenters. The first-order valence-corrected chi connectivity index (χ1v) is 7.24. The Morgan fingerprint density at radius 1 is 1.28 bits per heavy atom. The third kappa shape index (κ3) is 4.40. The van der Waals surface area contributed by atoms with E-state index in [1.807, 2.05) is 0 Å². The molecule has 1 rings (SSSR count). The highest BCUT2D eigenvalue weighted by atomic mass is 32.2. The Morgan fingerprint density at radius 2 is 1.89 bits per heavy atom. The van der Waals surface area contributed by atoms with Crippen LogP contribution in [-0.2, 0) is 10.0 Å². The Hall–Kier alpha value is -1.51. The van der Waals surface area contributed by atoms with Crippen molar-refractivity contribution in [2.75, 3.05) is 11.9 Å². The van der Waals surface area contributed by atoms with Gasteiger partial charge < -0.3 is 5.32 Å². The molecule has 5 heteroatoms. The normalized spacial score (nSPS) is 11.2. The number of rotatable bonds is 6. The molecule has 0 aromatic heterocycles. The van der Waals surface area contributed by atoms with E-state index in [0.29, 0.717) is 13.0 Å². The van der Waals surface area contributed by atoms with Crippen molar-refractivity contribution in [2.45, 2.75) is 31.2 Å². The van der Waals surface area contributed by atoms with Gasteiger partial charge in [-0.3, -0.25) is 0 Å². The van der Waals surface area contributed by atoms with E-state index in [4.69, 9.17) is 6.42 Å². The van der Waals surface area contributed by atoms with Crippen LogP contribution in [0.4, 0.5) is 5.69 Å². The molecule has 18 heavy (non-hydrogen) atoms. The number of hydrogen-bond acceptors (Lipinski definition) is 3. The minimum Gasteiger partial charge on any atom is -0.384 e. The number of sulfonamides is 1. The van der Waals surface area contributed by atoms with Gasteiger partial charge in [0.1, 0.15) is 0 Å². The lowest BCUT2D eigenvalue weighted by atomic mass is 10.3. The Kier molecular flexibility index (Phi) is 5.20. The summed E-state index contributed by atoms with van der Waals surface area (Å²) in [6, 6.07) is 6.48. The van der Waals surface area contributed by atoms with Crippen LogP contribution in [0.2, 0.25) is 0 Å². The molecule has 0 radical (unpaired) electrons. The van der Waals surface area contributed by atoms with Gasteiger partial charge in [-0.05, 0) is 38.1 Å². The lowest BCUT2D eigenvalue weighted by Crippen LogP contribution is -2.30. The van der Waals surface area contributed by atoms with Crippen LogP contribution in [0.1, 0.15) is 20.3 Å². The summed E-state index contributed by atoms with van der Waals surface area (Å²) in [5.41, 5.74) is 0.855. The number of terminal acetylenes is 1. The maximum atomic E-state index is 11.9. The molecule has 2 N–H and O–H groups in total. The number of anilines is 1. The van der Waals surface area contributed by atoms with Crippen LogP contribution in [0.25, 0.3) is 0 Å². The predicted octanol–water partition coefficient (Wildman–Crippen LogP) is 1.81. The standard InChI is InChI=1S/C13H18N2O2S/c1-4-5-10-14-12-6-8-13(9-7-12)18(16,17)15-11(2)3/h1,6-9,11,14-15H,5,10H2,2-3H3. The number of hydrogen-bond donors (Lipinski definition) is 2. The van der Waals surface area contributed by atoms with Gasteiger partial charge in [-0.1, -0.05) is 0 Å². The third-order valence-electron chi connectivity index (χ3n) is 2.15. The highest BCUT2D eigenvalue weighted by molar-refractivity contribution is 7.89. The highest BCUT2D eigenvalue weighted by Crippen LogP contribution is 2.14. The van der Waals surface area contributed by atoms with Crippen LogP contribution in [0.5, 0.6) is 0 Å². The van der Waals surface area contributed by atoms with E-state index >= 15 is 0 Å². The van der Waals surface area contributed by atoms with Crippen molar-refractivity contribution in [1.29, 1.82) is 0 Å². The second kappa shape index (κ2) is 6.43. The molecule has 0 unspecified atom stereocenters. The highest BCUT2D eigenvalue weighted by Gasteiger charge is 2.14. The molecule has 0 fully saturated rings. The number of nitrogens with one attached hydrogen (secondary N) is 2. The van der Waals surface area contributed by atoms with Crippen molar-refractivity contribution in [3.05, 3.63) is 24.3 Å². The second-order valence-electron chi connectivity index (χ2n) is 4.18. The van der Waals surface area contributed by atoms with Gasteiger partial charge in [0.25, 0.3) is 0 Å². The van der Waals surface area contributed by atoms with E-state index in [1.54, 1.807) is 38.1 Å². The van der Waals surface area contributed by atoms with E-state index in [9.17, 15) is 8.42 Å². The van der Waals surface area contributed by atoms with Crippen molar-refractivity contribution >= 4 is 15.7 Å². The van der Waals surface area contributed by atoms with E-state index in [-0.39, 0.29) is 10.9 Å². The Balaban J connectivity index is 2.74. The summed E-state index contributed by atoms with van der Waals surface area (Å²) in [5.74, 6) is 2.53. The fraction of sp³-hybridized carbons (Fsp3) is 0.385. The van der Waals surface area contributed by atoms with Gasteiger partial charge in [0, 0.05) is 24.7 Å². The molecule has 1 aromatic rings. The van der Waals surface area contributed by atoms with E-state index in [0.717, 1.165) is 5.69 Å². The van der Waals surface area contributed by atoms with Crippen molar-refractivity contribution in [2.24, 2.45) is 0 Å². The predicted molar refractivity (Wildman–Crippen MR) is 73.8 cm³/mol. The molecule has 0 amide bonds. The summed E-state index contributed by atoms with van der Waals surface area (Å²) >= 11 is 0. The summed E-state index contributed by atoms with van der Waals surface area (Å²) < 4.78 is 26.2. The zero-order chi connectivity index (χ0) is 13.6. The molecule has 0 saturated heterocycles. The topological polar surface area (TPSA) is 58.2 Å². The summed E-state index contributed by atoms with van der Waals surface area (Å²) in [6.07, 6.45) is 5.78. The van der Waals surface area contributed by atoms with Gasteiger partial charge in [-0.25, -0.2) is 13.1 Å². The SMILES string of the molecule is C#CCCNc1ccc(S(=O)(=O)NC(C)C)cc1. The molecule has 4 nitrogen and oxygen atoms in total. The molecular weight excluding hydrogens is 248 g/mol. The van der Waals surface area contributed by atoms with Crippen molar-refractivity contribution in [3.63, 3.8) is 0 Å². The van der Waals surface area contributed by atoms with Gasteiger partial charge >= 0.3 is 0 Å². The summed E-state index contributed by atoms with van der Waals surface area (Å²) in [7, 11) is -3.41. The van der Waals surface area contributed by atoms with Crippen LogP contribution in [0, 0.1) is 12.3 Å². The maximum Gasteiger partial charge on any atom is 0.240 e. The Bertz CT molecular complexity index is 513. The molecule has 0 heterocycles. The first kappa shape index (κ1) is 14.6. The van der Waals surface area contributed by atoms with Gasteiger partial charge in [-0.2, -0.15) is 0 Å². The molecule has 0 saturated carbocycles. The largest absolute Gasteiger partial charge is 0.384 e. The fourth-order valence-electron chi connectivity index (χ4n) is 1.41. The second-order valence-corrected chi connectivity index (χ2v) is 5.90. The summed E-state index contributed by atoms with van der Waals surface area (Å²) in [5, 5.41) is 3.11. The van der Waals surface area contributed by atoms with Crippen molar-refractivity contribution in [1.82, 2.24) is 4.72 Å². The maximum absolute atomic E-state index is 11.9. The molecule has 1 aromatic carbocycles. The van der Waals surface area contributed by atoms with E-state index in [1.165, 1.54) is 0 Å². The zero-order valence-electron chi connectivity index (χ0n) is 10.6. The lowest BCUT2D eigenvalue weighted by Gasteiger charge is -2.10. The monoisotopic (exact) mass is 266 g/mol. The molecule has 0 spiro atoms. The first-order valence-electron chi connectivity index (χ1n) is 5.75. The van der Waals surface area contributed by atoms with Crippen molar-refractivity contribution < 1.29 is 8.42 Å². The lowest BCUT2D eigenvalue weighted by molar-refractivity contribution is 0.570. The van der Waals surface area contributed by atoms with Crippen LogP contribution >= 0.6 is 0 Å².